The van der Waals surface area contributed by atoms with Gasteiger partial charge in [0.25, 0.3) is 0 Å². The van der Waals surface area contributed by atoms with Crippen molar-refractivity contribution in [3.63, 3.8) is 0 Å². The van der Waals surface area contributed by atoms with Crippen LogP contribution in [0, 0.1) is 5.41 Å². The highest BCUT2D eigenvalue weighted by Crippen LogP contribution is 2.40. The molecule has 0 amide bonds. The molecule has 0 aliphatic heterocycles. The summed E-state index contributed by atoms with van der Waals surface area (Å²) in [5, 5.41) is 9.68. The van der Waals surface area contributed by atoms with Crippen LogP contribution in [0.4, 0.5) is 0 Å². The molecule has 116 valence electrons. The molecule has 0 heterocycles. The average molecular weight is 282 g/mol. The van der Waals surface area contributed by atoms with E-state index in [9.17, 15) is 9.90 Å². The maximum atomic E-state index is 11.8. The Morgan fingerprint density at radius 1 is 0.950 bits per heavy atom. The highest BCUT2D eigenvalue weighted by atomic mass is 16.4. The van der Waals surface area contributed by atoms with Gasteiger partial charge in [-0.3, -0.25) is 4.79 Å². The molecule has 2 rings (SSSR count). The highest BCUT2D eigenvalue weighted by molar-refractivity contribution is 5.75. The Morgan fingerprint density at radius 3 is 1.95 bits per heavy atom. The van der Waals surface area contributed by atoms with Crippen molar-refractivity contribution in [1.29, 1.82) is 0 Å². The summed E-state index contributed by atoms with van der Waals surface area (Å²) in [6.07, 6.45) is 8.81. The molecule has 0 saturated heterocycles. The van der Waals surface area contributed by atoms with Gasteiger partial charge in [-0.05, 0) is 53.2 Å². The average Bonchev–Trinajstić information content (AvgIpc) is 2.34. The molecule has 2 aliphatic rings. The minimum Gasteiger partial charge on any atom is -0.481 e. The van der Waals surface area contributed by atoms with Crippen molar-refractivity contribution in [2.45, 2.75) is 56.9 Å². The molecule has 4 heteroatoms. The second kappa shape index (κ2) is 6.02. The van der Waals surface area contributed by atoms with Gasteiger partial charge in [0.15, 0.2) is 0 Å². The third-order valence-electron chi connectivity index (χ3n) is 5.63. The minimum absolute atomic E-state index is 0.281. The topological polar surface area (TPSA) is 43.8 Å². The number of carboxylic acids is 1. The van der Waals surface area contributed by atoms with Crippen molar-refractivity contribution in [2.24, 2.45) is 5.41 Å². The smallest absolute Gasteiger partial charge is 0.310 e. The molecule has 0 aromatic heterocycles. The van der Waals surface area contributed by atoms with Gasteiger partial charge in [-0.2, -0.15) is 0 Å². The standard InChI is InChI=1S/C16H30N2O2/c1-17(2)16(10-7-11-16)13-18(3)12-15(14(19)20)8-5-4-6-9-15/h4-13H2,1-3H3,(H,19,20). The van der Waals surface area contributed by atoms with Gasteiger partial charge < -0.3 is 14.9 Å². The van der Waals surface area contributed by atoms with E-state index in [1.807, 2.05) is 0 Å². The van der Waals surface area contributed by atoms with Gasteiger partial charge in [-0.15, -0.1) is 0 Å². The lowest BCUT2D eigenvalue weighted by atomic mass is 9.72. The fraction of sp³-hybridized carbons (Fsp3) is 0.938. The van der Waals surface area contributed by atoms with Crippen LogP contribution >= 0.6 is 0 Å². The third kappa shape index (κ3) is 3.01. The summed E-state index contributed by atoms with van der Waals surface area (Å²) in [7, 11) is 6.41. The molecule has 2 saturated carbocycles. The van der Waals surface area contributed by atoms with Crippen molar-refractivity contribution in [3.8, 4) is 0 Å². The maximum Gasteiger partial charge on any atom is 0.310 e. The van der Waals surface area contributed by atoms with Crippen LogP contribution < -0.4 is 0 Å². The van der Waals surface area contributed by atoms with Gasteiger partial charge in [-0.1, -0.05) is 19.3 Å². The van der Waals surface area contributed by atoms with Crippen LogP contribution in [0.3, 0.4) is 0 Å². The number of carbonyl (C=O) groups is 1. The van der Waals surface area contributed by atoms with Gasteiger partial charge >= 0.3 is 5.97 Å². The van der Waals surface area contributed by atoms with Crippen molar-refractivity contribution >= 4 is 5.97 Å². The zero-order chi connectivity index (χ0) is 14.8. The molecular formula is C16H30N2O2. The summed E-state index contributed by atoms with van der Waals surface area (Å²) in [6, 6.07) is 0. The van der Waals surface area contributed by atoms with Crippen molar-refractivity contribution in [1.82, 2.24) is 9.80 Å². The Bertz CT molecular complexity index is 344. The fourth-order valence-corrected chi connectivity index (χ4v) is 4.07. The lowest BCUT2D eigenvalue weighted by Crippen LogP contribution is -2.58. The first-order valence-corrected chi connectivity index (χ1v) is 8.00. The summed E-state index contributed by atoms with van der Waals surface area (Å²) >= 11 is 0. The first-order valence-electron chi connectivity index (χ1n) is 8.00. The van der Waals surface area contributed by atoms with E-state index < -0.39 is 11.4 Å². The van der Waals surface area contributed by atoms with E-state index in [0.29, 0.717) is 6.54 Å². The van der Waals surface area contributed by atoms with Crippen LogP contribution in [0.2, 0.25) is 0 Å². The molecular weight excluding hydrogens is 252 g/mol. The van der Waals surface area contributed by atoms with E-state index in [4.69, 9.17) is 0 Å². The number of carboxylic acid groups (broad SMARTS) is 1. The number of rotatable bonds is 6. The van der Waals surface area contributed by atoms with Crippen molar-refractivity contribution in [3.05, 3.63) is 0 Å². The minimum atomic E-state index is -0.587. The summed E-state index contributed by atoms with van der Waals surface area (Å²) < 4.78 is 0. The quantitative estimate of drug-likeness (QED) is 0.812. The lowest BCUT2D eigenvalue weighted by molar-refractivity contribution is -0.152. The molecule has 2 fully saturated rings. The van der Waals surface area contributed by atoms with Crippen LogP contribution in [-0.4, -0.2) is 60.6 Å². The van der Waals surface area contributed by atoms with Gasteiger partial charge in [0.1, 0.15) is 0 Å². The molecule has 2 aliphatic carbocycles. The Labute approximate surface area is 123 Å². The summed E-state index contributed by atoms with van der Waals surface area (Å²) in [4.78, 5) is 16.4. The molecule has 0 spiro atoms. The van der Waals surface area contributed by atoms with Gasteiger partial charge in [-0.25, -0.2) is 0 Å². The van der Waals surface area contributed by atoms with E-state index in [-0.39, 0.29) is 5.54 Å². The van der Waals surface area contributed by atoms with E-state index in [0.717, 1.165) is 32.2 Å². The maximum absolute atomic E-state index is 11.8. The molecule has 0 atom stereocenters. The van der Waals surface area contributed by atoms with Crippen LogP contribution in [0.5, 0.6) is 0 Å². The second-order valence-corrected chi connectivity index (χ2v) is 7.29. The van der Waals surface area contributed by atoms with Gasteiger partial charge in [0.05, 0.1) is 5.41 Å². The predicted molar refractivity (Wildman–Crippen MR) is 80.9 cm³/mol. The number of nitrogens with zero attached hydrogens (tertiary/aromatic N) is 2. The summed E-state index contributed by atoms with van der Waals surface area (Å²) in [5.41, 5.74) is -0.215. The van der Waals surface area contributed by atoms with Gasteiger partial charge in [0, 0.05) is 18.6 Å². The first kappa shape index (κ1) is 15.8. The SMILES string of the molecule is CN(CC1(C(=O)O)CCCCC1)CC1(N(C)C)CCC1. The third-order valence-corrected chi connectivity index (χ3v) is 5.63. The van der Waals surface area contributed by atoms with Crippen molar-refractivity contribution in [2.75, 3.05) is 34.2 Å². The predicted octanol–water partition coefficient (Wildman–Crippen LogP) is 2.44. The van der Waals surface area contributed by atoms with E-state index in [1.165, 1.54) is 25.7 Å². The van der Waals surface area contributed by atoms with Crippen LogP contribution in [0.1, 0.15) is 51.4 Å². The zero-order valence-corrected chi connectivity index (χ0v) is 13.3. The molecule has 20 heavy (non-hydrogen) atoms. The molecule has 0 bridgehead atoms. The number of hydrogen-bond acceptors (Lipinski definition) is 3. The van der Waals surface area contributed by atoms with Crippen LogP contribution in [0.25, 0.3) is 0 Å². The van der Waals surface area contributed by atoms with Crippen LogP contribution in [0.15, 0.2) is 0 Å². The van der Waals surface area contributed by atoms with E-state index >= 15 is 0 Å². The number of aliphatic carboxylic acids is 1. The first-order chi connectivity index (χ1) is 9.40. The Kier molecular flexibility index (Phi) is 4.75. The van der Waals surface area contributed by atoms with Crippen LogP contribution in [-0.2, 0) is 4.79 Å². The molecule has 4 nitrogen and oxygen atoms in total. The number of hydrogen-bond donors (Lipinski definition) is 1. The largest absolute Gasteiger partial charge is 0.481 e. The van der Waals surface area contributed by atoms with E-state index in [2.05, 4.69) is 30.9 Å². The molecule has 0 unspecified atom stereocenters. The Balaban J connectivity index is 1.98. The highest BCUT2D eigenvalue weighted by Gasteiger charge is 2.44. The molecule has 0 aromatic rings. The normalized spacial score (nSPS) is 24.6. The van der Waals surface area contributed by atoms with Gasteiger partial charge in [0.2, 0.25) is 0 Å². The molecule has 1 N–H and O–H groups in total. The second-order valence-electron chi connectivity index (χ2n) is 7.29. The summed E-state index contributed by atoms with van der Waals surface area (Å²) in [6.45, 7) is 1.70. The Morgan fingerprint density at radius 2 is 1.55 bits per heavy atom. The zero-order valence-electron chi connectivity index (χ0n) is 13.3. The monoisotopic (exact) mass is 282 g/mol. The Hall–Kier alpha value is -0.610. The lowest BCUT2D eigenvalue weighted by Gasteiger charge is -2.50. The number of likely N-dealkylation sites (N-methyl/N-ethyl adjacent to an activating group) is 2. The molecule has 0 aromatic carbocycles. The van der Waals surface area contributed by atoms with Crippen molar-refractivity contribution < 1.29 is 9.90 Å². The van der Waals surface area contributed by atoms with E-state index in [1.54, 1.807) is 0 Å². The fourth-order valence-electron chi connectivity index (χ4n) is 4.07. The molecule has 0 radical (unpaired) electrons. The summed E-state index contributed by atoms with van der Waals surface area (Å²) in [5.74, 6) is -0.587.